The van der Waals surface area contributed by atoms with E-state index in [0.29, 0.717) is 24.5 Å². The lowest BCUT2D eigenvalue weighted by molar-refractivity contribution is 0.446. The third kappa shape index (κ3) is 4.97. The molecule has 118 valence electrons. The molecular formula is C15H23NO4S. The molecule has 6 heteroatoms. The molecule has 0 aliphatic heterocycles. The average molecular weight is 313 g/mol. The fraction of sp³-hybridized carbons (Fsp3) is 0.667. The normalized spacial score (nSPS) is 18.6. The van der Waals surface area contributed by atoms with Crippen LogP contribution in [0.5, 0.6) is 0 Å². The van der Waals surface area contributed by atoms with Gasteiger partial charge in [-0.05, 0) is 44.1 Å². The predicted molar refractivity (Wildman–Crippen MR) is 81.6 cm³/mol. The molecule has 5 nitrogen and oxygen atoms in total. The standard InChI is InChI=1S/C15H23NO4S/c1-12-13(6-5-11-21(17,18)19)16-14(20-12)7-10-15(2)8-3-4-9-15/h7,10H,3-6,8-9,11H2,1-2H3,(H,17,18,19). The summed E-state index contributed by atoms with van der Waals surface area (Å²) in [6.45, 7) is 4.07. The minimum absolute atomic E-state index is 0.244. The van der Waals surface area contributed by atoms with E-state index in [9.17, 15) is 8.42 Å². The van der Waals surface area contributed by atoms with Gasteiger partial charge in [-0.3, -0.25) is 4.55 Å². The smallest absolute Gasteiger partial charge is 0.264 e. The van der Waals surface area contributed by atoms with E-state index in [1.165, 1.54) is 25.7 Å². The van der Waals surface area contributed by atoms with Crippen LogP contribution in [0, 0.1) is 12.3 Å². The van der Waals surface area contributed by atoms with Gasteiger partial charge in [0.1, 0.15) is 5.76 Å². The highest BCUT2D eigenvalue weighted by atomic mass is 32.2. The number of rotatable bonds is 6. The van der Waals surface area contributed by atoms with Crippen LogP contribution in [0.25, 0.3) is 6.08 Å². The van der Waals surface area contributed by atoms with Crippen LogP contribution in [0.15, 0.2) is 10.5 Å². The molecule has 21 heavy (non-hydrogen) atoms. The Hall–Kier alpha value is -1.14. The summed E-state index contributed by atoms with van der Waals surface area (Å²) >= 11 is 0. The van der Waals surface area contributed by atoms with Crippen molar-refractivity contribution >= 4 is 16.2 Å². The SMILES string of the molecule is Cc1oc(C=CC2(C)CCCC2)nc1CCCS(=O)(=O)O. The highest BCUT2D eigenvalue weighted by Crippen LogP contribution is 2.39. The maximum atomic E-state index is 10.7. The number of aryl methyl sites for hydroxylation is 2. The molecule has 1 heterocycles. The van der Waals surface area contributed by atoms with Crippen LogP contribution in [0.1, 0.15) is 56.4 Å². The van der Waals surface area contributed by atoms with E-state index in [1.807, 2.05) is 13.0 Å². The molecule has 1 aliphatic carbocycles. The van der Waals surface area contributed by atoms with Gasteiger partial charge in [0.25, 0.3) is 10.1 Å². The molecule has 0 amide bonds. The lowest BCUT2D eigenvalue weighted by Gasteiger charge is -2.16. The molecule has 0 bridgehead atoms. The average Bonchev–Trinajstić information content (AvgIpc) is 2.94. The first kappa shape index (κ1) is 16.2. The number of hydrogen-bond acceptors (Lipinski definition) is 4. The van der Waals surface area contributed by atoms with Crippen LogP contribution >= 0.6 is 0 Å². The van der Waals surface area contributed by atoms with Crippen LogP contribution in [0.3, 0.4) is 0 Å². The van der Waals surface area contributed by atoms with Gasteiger partial charge in [0.15, 0.2) is 0 Å². The van der Waals surface area contributed by atoms with E-state index in [4.69, 9.17) is 8.97 Å². The third-order valence-electron chi connectivity index (χ3n) is 4.10. The van der Waals surface area contributed by atoms with Gasteiger partial charge in [0.05, 0.1) is 11.4 Å². The van der Waals surface area contributed by atoms with Gasteiger partial charge in [0, 0.05) is 0 Å². The van der Waals surface area contributed by atoms with Crippen LogP contribution in [-0.2, 0) is 16.5 Å². The Bertz CT molecular complexity index is 610. The Kier molecular flexibility index (Phi) is 4.88. The van der Waals surface area contributed by atoms with Gasteiger partial charge in [-0.2, -0.15) is 8.42 Å². The molecule has 0 radical (unpaired) electrons. The minimum Gasteiger partial charge on any atom is -0.442 e. The Balaban J connectivity index is 1.97. The van der Waals surface area contributed by atoms with Crippen molar-refractivity contribution in [2.45, 2.75) is 52.4 Å². The summed E-state index contributed by atoms with van der Waals surface area (Å²) < 4.78 is 35.7. The van der Waals surface area contributed by atoms with Crippen molar-refractivity contribution in [2.24, 2.45) is 5.41 Å². The Labute approximate surface area is 126 Å². The molecule has 0 unspecified atom stereocenters. The van der Waals surface area contributed by atoms with Gasteiger partial charge >= 0.3 is 0 Å². The summed E-state index contributed by atoms with van der Waals surface area (Å²) in [5.41, 5.74) is 1.00. The van der Waals surface area contributed by atoms with E-state index >= 15 is 0 Å². The molecule has 1 aromatic heterocycles. The first-order valence-electron chi connectivity index (χ1n) is 7.38. The van der Waals surface area contributed by atoms with Crippen molar-refractivity contribution in [3.63, 3.8) is 0 Å². The van der Waals surface area contributed by atoms with E-state index in [2.05, 4.69) is 18.0 Å². The fourth-order valence-electron chi connectivity index (χ4n) is 2.80. The zero-order chi connectivity index (χ0) is 15.5. The van der Waals surface area contributed by atoms with Crippen molar-refractivity contribution in [1.82, 2.24) is 4.98 Å². The lowest BCUT2D eigenvalue weighted by atomic mass is 9.88. The van der Waals surface area contributed by atoms with Crippen LogP contribution < -0.4 is 0 Å². The van der Waals surface area contributed by atoms with Crippen molar-refractivity contribution in [3.05, 3.63) is 23.4 Å². The quantitative estimate of drug-likeness (QED) is 0.814. The van der Waals surface area contributed by atoms with Crippen molar-refractivity contribution < 1.29 is 17.4 Å². The van der Waals surface area contributed by atoms with Gasteiger partial charge < -0.3 is 4.42 Å². The topological polar surface area (TPSA) is 80.4 Å². The molecule has 1 fully saturated rings. The Morgan fingerprint density at radius 1 is 1.38 bits per heavy atom. The minimum atomic E-state index is -3.90. The summed E-state index contributed by atoms with van der Waals surface area (Å²) in [6.07, 6.45) is 9.86. The summed E-state index contributed by atoms with van der Waals surface area (Å²) in [4.78, 5) is 4.39. The number of aromatic nitrogens is 1. The maximum absolute atomic E-state index is 10.7. The van der Waals surface area contributed by atoms with E-state index in [-0.39, 0.29) is 11.2 Å². The zero-order valence-electron chi connectivity index (χ0n) is 12.6. The summed E-state index contributed by atoms with van der Waals surface area (Å²) in [5, 5.41) is 0. The highest BCUT2D eigenvalue weighted by Gasteiger charge is 2.25. The second kappa shape index (κ2) is 6.32. The first-order valence-corrected chi connectivity index (χ1v) is 8.99. The largest absolute Gasteiger partial charge is 0.442 e. The predicted octanol–water partition coefficient (Wildman–Crippen LogP) is 3.40. The monoisotopic (exact) mass is 313 g/mol. The van der Waals surface area contributed by atoms with Crippen LogP contribution in [0.2, 0.25) is 0 Å². The molecule has 1 aromatic rings. The van der Waals surface area contributed by atoms with Crippen LogP contribution in [0.4, 0.5) is 0 Å². The number of allylic oxidation sites excluding steroid dienone is 1. The Morgan fingerprint density at radius 2 is 2.05 bits per heavy atom. The number of nitrogens with zero attached hydrogens (tertiary/aromatic N) is 1. The molecule has 2 rings (SSSR count). The van der Waals surface area contributed by atoms with Crippen LogP contribution in [-0.4, -0.2) is 23.7 Å². The molecule has 0 aromatic carbocycles. The van der Waals surface area contributed by atoms with Crippen molar-refractivity contribution in [3.8, 4) is 0 Å². The van der Waals surface area contributed by atoms with Gasteiger partial charge in [0.2, 0.25) is 5.89 Å². The van der Waals surface area contributed by atoms with Gasteiger partial charge in [-0.1, -0.05) is 25.8 Å². The lowest BCUT2D eigenvalue weighted by Crippen LogP contribution is -2.05. The maximum Gasteiger partial charge on any atom is 0.264 e. The van der Waals surface area contributed by atoms with E-state index < -0.39 is 10.1 Å². The highest BCUT2D eigenvalue weighted by molar-refractivity contribution is 7.85. The van der Waals surface area contributed by atoms with Gasteiger partial charge in [-0.25, -0.2) is 4.98 Å². The molecule has 1 saturated carbocycles. The van der Waals surface area contributed by atoms with Gasteiger partial charge in [-0.15, -0.1) is 0 Å². The third-order valence-corrected chi connectivity index (χ3v) is 4.90. The number of hydrogen-bond donors (Lipinski definition) is 1. The molecule has 1 aliphatic rings. The second-order valence-corrected chi connectivity index (χ2v) is 7.71. The Morgan fingerprint density at radius 3 is 2.67 bits per heavy atom. The molecule has 0 atom stereocenters. The van der Waals surface area contributed by atoms with Crippen molar-refractivity contribution in [2.75, 3.05) is 5.75 Å². The summed E-state index contributed by atoms with van der Waals surface area (Å²) in [7, 11) is -3.90. The molecule has 0 spiro atoms. The first-order chi connectivity index (χ1) is 9.77. The fourth-order valence-corrected chi connectivity index (χ4v) is 3.31. The van der Waals surface area contributed by atoms with Crippen molar-refractivity contribution in [1.29, 1.82) is 0 Å². The molecule has 1 N–H and O–H groups in total. The molecular weight excluding hydrogens is 290 g/mol. The zero-order valence-corrected chi connectivity index (χ0v) is 13.4. The second-order valence-electron chi connectivity index (χ2n) is 6.14. The number of oxazole rings is 1. The van der Waals surface area contributed by atoms with E-state index in [1.54, 1.807) is 0 Å². The molecule has 0 saturated heterocycles. The van der Waals surface area contributed by atoms with E-state index in [0.717, 1.165) is 5.69 Å². The summed E-state index contributed by atoms with van der Waals surface area (Å²) in [5.74, 6) is 1.03. The summed E-state index contributed by atoms with van der Waals surface area (Å²) in [6, 6.07) is 0.